The molecule has 2 N–H and O–H groups in total. The number of pyridine rings is 1. The van der Waals surface area contributed by atoms with E-state index in [4.69, 9.17) is 9.73 Å². The lowest BCUT2D eigenvalue weighted by atomic mass is 10.2. The summed E-state index contributed by atoms with van der Waals surface area (Å²) in [6, 6.07) is 12.6. The van der Waals surface area contributed by atoms with Crippen molar-refractivity contribution in [3.8, 4) is 5.75 Å². The third kappa shape index (κ3) is 6.13. The van der Waals surface area contributed by atoms with Crippen molar-refractivity contribution < 1.29 is 4.74 Å². The van der Waals surface area contributed by atoms with Crippen molar-refractivity contribution in [2.24, 2.45) is 4.99 Å². The van der Waals surface area contributed by atoms with E-state index in [0.29, 0.717) is 12.6 Å². The highest BCUT2D eigenvalue weighted by molar-refractivity contribution is 14.0. The number of guanidine groups is 1. The molecule has 1 atom stereocenters. The van der Waals surface area contributed by atoms with Crippen LogP contribution in [-0.2, 0) is 6.54 Å². The molecule has 2 aromatic rings. The normalized spacial score (nSPS) is 16.1. The lowest BCUT2D eigenvalue weighted by Gasteiger charge is -2.22. The van der Waals surface area contributed by atoms with Crippen LogP contribution in [-0.4, -0.2) is 57.8 Å². The molecule has 0 amide bonds. The Kier molecular flexibility index (Phi) is 9.48. The van der Waals surface area contributed by atoms with E-state index < -0.39 is 0 Å². The highest BCUT2D eigenvalue weighted by atomic mass is 127. The molecule has 0 bridgehead atoms. The van der Waals surface area contributed by atoms with E-state index in [1.54, 1.807) is 7.11 Å². The lowest BCUT2D eigenvalue weighted by molar-refractivity contribution is 0.415. The van der Waals surface area contributed by atoms with Gasteiger partial charge in [-0.05, 0) is 31.5 Å². The number of para-hydroxylation sites is 2. The van der Waals surface area contributed by atoms with Crippen molar-refractivity contribution in [2.45, 2.75) is 25.9 Å². The first-order chi connectivity index (χ1) is 14.1. The zero-order valence-corrected chi connectivity index (χ0v) is 20.6. The predicted molar refractivity (Wildman–Crippen MR) is 136 cm³/mol. The molecule has 0 radical (unpaired) electrons. The molecule has 7 nitrogen and oxygen atoms in total. The maximum absolute atomic E-state index is 5.52. The predicted octanol–water partition coefficient (Wildman–Crippen LogP) is 3.11. The number of methoxy groups -OCH3 is 1. The molecular weight excluding hydrogens is 491 g/mol. The van der Waals surface area contributed by atoms with E-state index in [0.717, 1.165) is 54.8 Å². The first-order valence-corrected chi connectivity index (χ1v) is 10.2. The van der Waals surface area contributed by atoms with Crippen LogP contribution in [0.3, 0.4) is 0 Å². The summed E-state index contributed by atoms with van der Waals surface area (Å²) in [7, 11) is 5.73. The Balaban J connectivity index is 0.00000320. The molecule has 8 heteroatoms. The van der Waals surface area contributed by atoms with Crippen LogP contribution in [0.15, 0.2) is 47.6 Å². The van der Waals surface area contributed by atoms with Crippen LogP contribution in [0.1, 0.15) is 18.9 Å². The Labute approximate surface area is 196 Å². The van der Waals surface area contributed by atoms with Gasteiger partial charge in [0.15, 0.2) is 5.96 Å². The van der Waals surface area contributed by atoms with Crippen molar-refractivity contribution in [3.05, 3.63) is 48.2 Å². The van der Waals surface area contributed by atoms with E-state index in [2.05, 4.69) is 45.6 Å². The lowest BCUT2D eigenvalue weighted by Crippen LogP contribution is -2.44. The Morgan fingerprint density at radius 3 is 2.80 bits per heavy atom. The number of ether oxygens (including phenoxy) is 1. The minimum Gasteiger partial charge on any atom is -0.495 e. The van der Waals surface area contributed by atoms with Gasteiger partial charge in [0.25, 0.3) is 0 Å². The number of aliphatic imine (C=N–C) groups is 1. The third-order valence-electron chi connectivity index (χ3n) is 5.00. The molecule has 30 heavy (non-hydrogen) atoms. The molecule has 1 aliphatic heterocycles. The summed E-state index contributed by atoms with van der Waals surface area (Å²) in [5, 5.41) is 6.96. The third-order valence-corrected chi connectivity index (χ3v) is 5.00. The molecule has 1 aliphatic rings. The number of rotatable bonds is 7. The Morgan fingerprint density at radius 2 is 2.07 bits per heavy atom. The van der Waals surface area contributed by atoms with Crippen molar-refractivity contribution in [3.63, 3.8) is 0 Å². The number of benzene rings is 1. The number of halogens is 1. The molecule has 0 saturated carbocycles. The van der Waals surface area contributed by atoms with Gasteiger partial charge in [0, 0.05) is 51.5 Å². The zero-order chi connectivity index (χ0) is 20.6. The van der Waals surface area contributed by atoms with E-state index in [-0.39, 0.29) is 24.0 Å². The van der Waals surface area contributed by atoms with Gasteiger partial charge in [-0.1, -0.05) is 18.2 Å². The number of aromatic nitrogens is 1. The Hall–Kier alpha value is -2.23. The molecule has 1 fully saturated rings. The highest BCUT2D eigenvalue weighted by Gasteiger charge is 2.25. The van der Waals surface area contributed by atoms with Crippen molar-refractivity contribution in [1.29, 1.82) is 0 Å². The molecule has 1 unspecified atom stereocenters. The SMILES string of the molecule is CCNC(=NCc1cccnc1N(C)C)NC1CCN(c2ccccc2OC)C1.I. The summed E-state index contributed by atoms with van der Waals surface area (Å²) in [6.45, 7) is 5.40. The van der Waals surface area contributed by atoms with Crippen LogP contribution < -0.4 is 25.2 Å². The molecule has 164 valence electrons. The summed E-state index contributed by atoms with van der Waals surface area (Å²) in [5.74, 6) is 2.71. The molecule has 0 spiro atoms. The van der Waals surface area contributed by atoms with Gasteiger partial charge in [-0.15, -0.1) is 24.0 Å². The highest BCUT2D eigenvalue weighted by Crippen LogP contribution is 2.30. The maximum atomic E-state index is 5.52. The zero-order valence-electron chi connectivity index (χ0n) is 18.3. The molecule has 1 saturated heterocycles. The summed E-state index contributed by atoms with van der Waals surface area (Å²) in [6.07, 6.45) is 2.87. The van der Waals surface area contributed by atoms with E-state index in [1.807, 2.05) is 43.4 Å². The average Bonchev–Trinajstić information content (AvgIpc) is 3.20. The monoisotopic (exact) mass is 524 g/mol. The summed E-state index contributed by atoms with van der Waals surface area (Å²) < 4.78 is 5.52. The van der Waals surface area contributed by atoms with E-state index >= 15 is 0 Å². The summed E-state index contributed by atoms with van der Waals surface area (Å²) in [5.41, 5.74) is 2.25. The fourth-order valence-corrected chi connectivity index (χ4v) is 3.62. The minimum absolute atomic E-state index is 0. The van der Waals surface area contributed by atoms with Crippen molar-refractivity contribution >= 4 is 41.4 Å². The van der Waals surface area contributed by atoms with Crippen LogP contribution in [0, 0.1) is 0 Å². The molecule has 2 heterocycles. The largest absolute Gasteiger partial charge is 0.495 e. The van der Waals surface area contributed by atoms with Gasteiger partial charge in [0.1, 0.15) is 11.6 Å². The van der Waals surface area contributed by atoms with Crippen LogP contribution in [0.5, 0.6) is 5.75 Å². The summed E-state index contributed by atoms with van der Waals surface area (Å²) in [4.78, 5) is 13.7. The van der Waals surface area contributed by atoms with E-state index in [1.165, 1.54) is 0 Å². The fourth-order valence-electron chi connectivity index (χ4n) is 3.62. The minimum atomic E-state index is 0. The quantitative estimate of drug-likeness (QED) is 0.330. The molecule has 0 aliphatic carbocycles. The van der Waals surface area contributed by atoms with E-state index in [9.17, 15) is 0 Å². The van der Waals surface area contributed by atoms with Gasteiger partial charge < -0.3 is 25.2 Å². The van der Waals surface area contributed by atoms with Gasteiger partial charge in [0.05, 0.1) is 19.3 Å². The molecule has 1 aromatic heterocycles. The number of nitrogens with one attached hydrogen (secondary N) is 2. The number of hydrogen-bond donors (Lipinski definition) is 2. The number of nitrogens with zero attached hydrogens (tertiary/aromatic N) is 4. The first kappa shape index (κ1) is 24.0. The average molecular weight is 524 g/mol. The molecule has 3 rings (SSSR count). The van der Waals surface area contributed by atoms with Gasteiger partial charge in [0.2, 0.25) is 0 Å². The fraction of sp³-hybridized carbons (Fsp3) is 0.455. The maximum Gasteiger partial charge on any atom is 0.191 e. The smallest absolute Gasteiger partial charge is 0.191 e. The Morgan fingerprint density at radius 1 is 1.27 bits per heavy atom. The number of hydrogen-bond acceptors (Lipinski definition) is 5. The van der Waals surface area contributed by atoms with Crippen molar-refractivity contribution in [1.82, 2.24) is 15.6 Å². The van der Waals surface area contributed by atoms with Crippen LogP contribution in [0.2, 0.25) is 0 Å². The second-order valence-corrected chi connectivity index (χ2v) is 7.32. The Bertz CT molecular complexity index is 829. The summed E-state index contributed by atoms with van der Waals surface area (Å²) >= 11 is 0. The second kappa shape index (κ2) is 11.8. The van der Waals surface area contributed by atoms with Gasteiger partial charge in [-0.25, -0.2) is 9.98 Å². The molecular formula is C22H33IN6O. The van der Waals surface area contributed by atoms with Crippen molar-refractivity contribution in [2.75, 3.05) is 50.6 Å². The topological polar surface area (TPSA) is 65.0 Å². The second-order valence-electron chi connectivity index (χ2n) is 7.32. The standard InChI is InChI=1S/C22H32N6O.HI/c1-5-23-22(25-15-17-9-8-13-24-21(17)27(2)3)26-18-12-14-28(16-18)19-10-6-7-11-20(19)29-4;/h6-11,13,18H,5,12,14-16H2,1-4H3,(H2,23,25,26);1H. The van der Waals surface area contributed by atoms with Gasteiger partial charge in [-0.2, -0.15) is 0 Å². The van der Waals surface area contributed by atoms with Gasteiger partial charge >= 0.3 is 0 Å². The van der Waals surface area contributed by atoms with Crippen LogP contribution in [0.4, 0.5) is 11.5 Å². The van der Waals surface area contributed by atoms with Crippen LogP contribution >= 0.6 is 24.0 Å². The molecule has 1 aromatic carbocycles. The first-order valence-electron chi connectivity index (χ1n) is 10.2. The number of anilines is 2. The van der Waals surface area contributed by atoms with Gasteiger partial charge in [-0.3, -0.25) is 0 Å². The van der Waals surface area contributed by atoms with Crippen LogP contribution in [0.25, 0.3) is 0 Å².